The van der Waals surface area contributed by atoms with Crippen molar-refractivity contribution in [3.05, 3.63) is 0 Å². The van der Waals surface area contributed by atoms with Crippen LogP contribution < -0.4 is 0 Å². The highest BCUT2D eigenvalue weighted by Gasteiger charge is 2.19. The molecule has 0 aromatic rings. The normalized spacial score (nSPS) is 11.4. The third-order valence-electron chi connectivity index (χ3n) is 1.36. The predicted octanol–water partition coefficient (Wildman–Crippen LogP) is 1.20. The SMILES string of the molecule is COCOCC(C)(C)COC(C)=O. The molecule has 0 aliphatic heterocycles. The van der Waals surface area contributed by atoms with Crippen LogP contribution in [0.25, 0.3) is 0 Å². The molecule has 78 valence electrons. The molecule has 0 N–H and O–H groups in total. The van der Waals surface area contributed by atoms with Gasteiger partial charge in [0, 0.05) is 19.4 Å². The molecule has 0 bridgehead atoms. The highest BCUT2D eigenvalue weighted by molar-refractivity contribution is 5.65. The molecule has 0 amide bonds. The van der Waals surface area contributed by atoms with Gasteiger partial charge in [0.2, 0.25) is 0 Å². The number of methoxy groups -OCH3 is 1. The van der Waals surface area contributed by atoms with Crippen molar-refractivity contribution >= 4 is 5.97 Å². The quantitative estimate of drug-likeness (QED) is 0.358. The Morgan fingerprint density at radius 1 is 1.31 bits per heavy atom. The van der Waals surface area contributed by atoms with Crippen molar-refractivity contribution in [2.24, 2.45) is 5.41 Å². The van der Waals surface area contributed by atoms with E-state index in [1.165, 1.54) is 6.92 Å². The van der Waals surface area contributed by atoms with E-state index in [0.29, 0.717) is 13.2 Å². The molecule has 0 aromatic heterocycles. The second-order valence-corrected chi connectivity index (χ2v) is 3.70. The van der Waals surface area contributed by atoms with Gasteiger partial charge in [0.1, 0.15) is 6.79 Å². The Balaban J connectivity index is 3.59. The molecule has 0 saturated carbocycles. The first-order valence-corrected chi connectivity index (χ1v) is 4.18. The fraction of sp³-hybridized carbons (Fsp3) is 0.889. The van der Waals surface area contributed by atoms with Gasteiger partial charge in [-0.2, -0.15) is 0 Å². The fourth-order valence-electron chi connectivity index (χ4n) is 0.740. The number of carbonyl (C=O) groups is 1. The zero-order valence-electron chi connectivity index (χ0n) is 8.75. The zero-order chi connectivity index (χ0) is 10.3. The van der Waals surface area contributed by atoms with E-state index in [9.17, 15) is 4.79 Å². The van der Waals surface area contributed by atoms with Crippen LogP contribution >= 0.6 is 0 Å². The second-order valence-electron chi connectivity index (χ2n) is 3.70. The summed E-state index contributed by atoms with van der Waals surface area (Å²) < 4.78 is 14.8. The summed E-state index contributed by atoms with van der Waals surface area (Å²) in [5, 5.41) is 0. The average molecular weight is 190 g/mol. The summed E-state index contributed by atoms with van der Waals surface area (Å²) in [5.74, 6) is -0.264. The van der Waals surface area contributed by atoms with E-state index in [0.717, 1.165) is 0 Å². The fourth-order valence-corrected chi connectivity index (χ4v) is 0.740. The molecule has 0 saturated heterocycles. The van der Waals surface area contributed by atoms with Crippen molar-refractivity contribution in [3.8, 4) is 0 Å². The van der Waals surface area contributed by atoms with E-state index < -0.39 is 0 Å². The maximum atomic E-state index is 10.5. The number of hydrogen-bond donors (Lipinski definition) is 0. The molecule has 0 atom stereocenters. The first-order chi connectivity index (χ1) is 5.98. The Morgan fingerprint density at radius 3 is 2.38 bits per heavy atom. The van der Waals surface area contributed by atoms with Gasteiger partial charge in [-0.1, -0.05) is 13.8 Å². The third-order valence-corrected chi connectivity index (χ3v) is 1.36. The van der Waals surface area contributed by atoms with Crippen LogP contribution in [0.3, 0.4) is 0 Å². The first-order valence-electron chi connectivity index (χ1n) is 4.18. The topological polar surface area (TPSA) is 44.8 Å². The van der Waals surface area contributed by atoms with Crippen LogP contribution in [0.15, 0.2) is 0 Å². The lowest BCUT2D eigenvalue weighted by Crippen LogP contribution is -2.27. The maximum absolute atomic E-state index is 10.5. The van der Waals surface area contributed by atoms with Crippen LogP contribution in [0.1, 0.15) is 20.8 Å². The lowest BCUT2D eigenvalue weighted by atomic mass is 9.96. The van der Waals surface area contributed by atoms with Gasteiger partial charge in [-0.15, -0.1) is 0 Å². The van der Waals surface area contributed by atoms with Gasteiger partial charge in [0.05, 0.1) is 13.2 Å². The van der Waals surface area contributed by atoms with Gasteiger partial charge < -0.3 is 14.2 Å². The molecule has 0 spiro atoms. The third kappa shape index (κ3) is 7.74. The highest BCUT2D eigenvalue weighted by Crippen LogP contribution is 2.15. The lowest BCUT2D eigenvalue weighted by molar-refractivity contribution is -0.146. The van der Waals surface area contributed by atoms with Crippen molar-refractivity contribution in [1.82, 2.24) is 0 Å². The van der Waals surface area contributed by atoms with Crippen molar-refractivity contribution < 1.29 is 19.0 Å². The van der Waals surface area contributed by atoms with Crippen LogP contribution in [0.5, 0.6) is 0 Å². The minimum absolute atomic E-state index is 0.163. The molecule has 0 unspecified atom stereocenters. The summed E-state index contributed by atoms with van der Waals surface area (Å²) in [6, 6.07) is 0. The number of esters is 1. The maximum Gasteiger partial charge on any atom is 0.302 e. The standard InChI is InChI=1S/C9H18O4/c1-8(10)13-6-9(2,3)5-12-7-11-4/h5-7H2,1-4H3. The molecule has 0 aliphatic rings. The zero-order valence-corrected chi connectivity index (χ0v) is 8.75. The van der Waals surface area contributed by atoms with Crippen molar-refractivity contribution in [1.29, 1.82) is 0 Å². The molecular formula is C9H18O4. The van der Waals surface area contributed by atoms with Crippen molar-refractivity contribution in [2.75, 3.05) is 27.1 Å². The van der Waals surface area contributed by atoms with Crippen LogP contribution in [-0.2, 0) is 19.0 Å². The Kier molecular flexibility index (Phi) is 5.66. The van der Waals surface area contributed by atoms with Crippen molar-refractivity contribution in [3.63, 3.8) is 0 Å². The van der Waals surface area contributed by atoms with E-state index in [4.69, 9.17) is 14.2 Å². The smallest absolute Gasteiger partial charge is 0.302 e. The molecule has 0 aromatic carbocycles. The number of carbonyl (C=O) groups excluding carboxylic acids is 1. The number of rotatable bonds is 6. The van der Waals surface area contributed by atoms with Crippen LogP contribution in [-0.4, -0.2) is 33.1 Å². The largest absolute Gasteiger partial charge is 0.465 e. The second kappa shape index (κ2) is 5.94. The van der Waals surface area contributed by atoms with Crippen LogP contribution in [0.2, 0.25) is 0 Å². The highest BCUT2D eigenvalue weighted by atomic mass is 16.7. The molecule has 4 heteroatoms. The molecule has 13 heavy (non-hydrogen) atoms. The summed E-state index contributed by atoms with van der Waals surface area (Å²) in [6.07, 6.45) is 0. The first kappa shape index (κ1) is 12.4. The van der Waals surface area contributed by atoms with Gasteiger partial charge in [-0.25, -0.2) is 0 Å². The van der Waals surface area contributed by atoms with E-state index >= 15 is 0 Å². The molecule has 0 heterocycles. The number of hydrogen-bond acceptors (Lipinski definition) is 4. The summed E-state index contributed by atoms with van der Waals surface area (Å²) in [6.45, 7) is 6.47. The lowest BCUT2D eigenvalue weighted by Gasteiger charge is -2.23. The van der Waals surface area contributed by atoms with Gasteiger partial charge >= 0.3 is 5.97 Å². The molecule has 4 nitrogen and oxygen atoms in total. The summed E-state index contributed by atoms with van der Waals surface area (Å²) in [4.78, 5) is 10.5. The molecule has 0 radical (unpaired) electrons. The Hall–Kier alpha value is -0.610. The monoisotopic (exact) mass is 190 g/mol. The van der Waals surface area contributed by atoms with E-state index in [-0.39, 0.29) is 18.2 Å². The molecule has 0 aliphatic carbocycles. The molecule has 0 fully saturated rings. The minimum Gasteiger partial charge on any atom is -0.465 e. The summed E-state index contributed by atoms with van der Waals surface area (Å²) >= 11 is 0. The summed E-state index contributed by atoms with van der Waals surface area (Å²) in [7, 11) is 1.57. The van der Waals surface area contributed by atoms with E-state index in [1.54, 1.807) is 7.11 Å². The van der Waals surface area contributed by atoms with E-state index in [2.05, 4.69) is 0 Å². The van der Waals surface area contributed by atoms with Crippen LogP contribution in [0, 0.1) is 5.41 Å². The Bertz CT molecular complexity index is 154. The van der Waals surface area contributed by atoms with Crippen molar-refractivity contribution in [2.45, 2.75) is 20.8 Å². The average Bonchev–Trinajstić information content (AvgIpc) is 2.02. The van der Waals surface area contributed by atoms with Gasteiger partial charge in [-0.05, 0) is 0 Å². The Morgan fingerprint density at radius 2 is 1.92 bits per heavy atom. The summed E-state index contributed by atoms with van der Waals surface area (Å²) in [5.41, 5.74) is -0.163. The van der Waals surface area contributed by atoms with Gasteiger partial charge in [0.25, 0.3) is 0 Å². The van der Waals surface area contributed by atoms with Gasteiger partial charge in [0.15, 0.2) is 0 Å². The predicted molar refractivity (Wildman–Crippen MR) is 48.2 cm³/mol. The minimum atomic E-state index is -0.264. The molecule has 0 rings (SSSR count). The Labute approximate surface area is 79.2 Å². The number of ether oxygens (including phenoxy) is 3. The molecular weight excluding hydrogens is 172 g/mol. The van der Waals surface area contributed by atoms with Gasteiger partial charge in [-0.3, -0.25) is 4.79 Å². The van der Waals surface area contributed by atoms with E-state index in [1.807, 2.05) is 13.8 Å². The van der Waals surface area contributed by atoms with Crippen LogP contribution in [0.4, 0.5) is 0 Å².